The molecule has 0 spiro atoms. The van der Waals surface area contributed by atoms with Crippen molar-refractivity contribution in [2.45, 2.75) is 38.5 Å². The molecule has 0 N–H and O–H groups in total. The number of rotatable bonds is 2. The first-order valence-corrected chi connectivity index (χ1v) is 7.20. The molecule has 1 saturated carbocycles. The number of fused-ring (bicyclic) bond motifs is 1. The van der Waals surface area contributed by atoms with Gasteiger partial charge in [-0.2, -0.15) is 0 Å². The Labute approximate surface area is 113 Å². The van der Waals surface area contributed by atoms with Crippen LogP contribution in [0.2, 0.25) is 0 Å². The fraction of sp³-hybridized carbons (Fsp3) is 0.412. The van der Waals surface area contributed by atoms with E-state index in [9.17, 15) is 4.79 Å². The van der Waals surface area contributed by atoms with E-state index in [0.717, 1.165) is 31.2 Å². The van der Waals surface area contributed by atoms with Crippen LogP contribution in [0.4, 0.5) is 0 Å². The third-order valence-corrected chi connectivity index (χ3v) is 4.11. The zero-order valence-corrected chi connectivity index (χ0v) is 11.1. The van der Waals surface area contributed by atoms with E-state index in [4.69, 9.17) is 0 Å². The minimum atomic E-state index is 0.204. The van der Waals surface area contributed by atoms with E-state index in [-0.39, 0.29) is 5.92 Å². The topological polar surface area (TPSA) is 30.0 Å². The number of aromatic nitrogens is 1. The quantitative estimate of drug-likeness (QED) is 0.759. The lowest BCUT2D eigenvalue weighted by molar-refractivity contribution is -0.122. The van der Waals surface area contributed by atoms with Gasteiger partial charge < -0.3 is 0 Å². The van der Waals surface area contributed by atoms with Crippen LogP contribution in [0, 0.1) is 5.92 Å². The molecule has 2 heteroatoms. The molecule has 1 aliphatic rings. The van der Waals surface area contributed by atoms with Crippen LogP contribution in [0.25, 0.3) is 10.9 Å². The largest absolute Gasteiger partial charge is 0.299 e. The van der Waals surface area contributed by atoms with Crippen molar-refractivity contribution < 1.29 is 4.79 Å². The summed E-state index contributed by atoms with van der Waals surface area (Å²) in [6.07, 6.45) is 7.96. The SMILES string of the molecule is O=C1CCCCCC1Cc1cccc2cccnc12. The average Bonchev–Trinajstić information content (AvgIpc) is 2.65. The maximum atomic E-state index is 12.1. The Bertz CT molecular complexity index is 585. The lowest BCUT2D eigenvalue weighted by Gasteiger charge is -2.14. The predicted molar refractivity (Wildman–Crippen MR) is 77.0 cm³/mol. The first kappa shape index (κ1) is 12.3. The Morgan fingerprint density at radius 1 is 1.11 bits per heavy atom. The molecular formula is C17H19NO. The number of Topliss-reactive ketones (excluding diaryl/α,β-unsaturated/α-hetero) is 1. The molecule has 0 saturated heterocycles. The van der Waals surface area contributed by atoms with Crippen molar-refractivity contribution in [3.63, 3.8) is 0 Å². The highest BCUT2D eigenvalue weighted by molar-refractivity contribution is 5.84. The molecule has 0 radical (unpaired) electrons. The standard InChI is InChI=1S/C17H19NO/c19-16-10-3-1-2-6-14(16)12-15-8-4-7-13-9-5-11-18-17(13)15/h4-5,7-9,11,14H,1-3,6,10,12H2. The normalized spacial score (nSPS) is 20.4. The van der Waals surface area contributed by atoms with Gasteiger partial charge in [0.1, 0.15) is 5.78 Å². The van der Waals surface area contributed by atoms with Crippen molar-refractivity contribution in [3.05, 3.63) is 42.1 Å². The second kappa shape index (κ2) is 5.52. The summed E-state index contributed by atoms with van der Waals surface area (Å²) in [5.74, 6) is 0.653. The minimum absolute atomic E-state index is 0.204. The Morgan fingerprint density at radius 3 is 2.95 bits per heavy atom. The molecular weight excluding hydrogens is 234 g/mol. The Balaban J connectivity index is 1.90. The zero-order valence-electron chi connectivity index (χ0n) is 11.1. The zero-order chi connectivity index (χ0) is 13.1. The van der Waals surface area contributed by atoms with E-state index < -0.39 is 0 Å². The average molecular weight is 253 g/mol. The Kier molecular flexibility index (Phi) is 3.58. The van der Waals surface area contributed by atoms with E-state index >= 15 is 0 Å². The summed E-state index contributed by atoms with van der Waals surface area (Å²) in [7, 11) is 0. The second-order valence-corrected chi connectivity index (χ2v) is 5.46. The van der Waals surface area contributed by atoms with Crippen molar-refractivity contribution in [3.8, 4) is 0 Å². The molecule has 0 amide bonds. The van der Waals surface area contributed by atoms with Gasteiger partial charge in [0.25, 0.3) is 0 Å². The van der Waals surface area contributed by atoms with Gasteiger partial charge in [-0.1, -0.05) is 37.1 Å². The minimum Gasteiger partial charge on any atom is -0.299 e. The van der Waals surface area contributed by atoms with Crippen LogP contribution in [-0.2, 0) is 11.2 Å². The highest BCUT2D eigenvalue weighted by atomic mass is 16.1. The molecule has 98 valence electrons. The first-order valence-electron chi connectivity index (χ1n) is 7.20. The van der Waals surface area contributed by atoms with Crippen LogP contribution in [-0.4, -0.2) is 10.8 Å². The number of benzene rings is 1. The van der Waals surface area contributed by atoms with Crippen molar-refractivity contribution in [1.29, 1.82) is 0 Å². The number of ketones is 1. The molecule has 1 aliphatic carbocycles. The Hall–Kier alpha value is -1.70. The molecule has 0 bridgehead atoms. The predicted octanol–water partition coefficient (Wildman–Crippen LogP) is 3.93. The van der Waals surface area contributed by atoms with Crippen LogP contribution in [0.3, 0.4) is 0 Å². The highest BCUT2D eigenvalue weighted by Crippen LogP contribution is 2.26. The number of nitrogens with zero attached hydrogens (tertiary/aromatic N) is 1. The number of hydrogen-bond donors (Lipinski definition) is 0. The van der Waals surface area contributed by atoms with Gasteiger partial charge >= 0.3 is 0 Å². The lowest BCUT2D eigenvalue weighted by atomic mass is 9.90. The second-order valence-electron chi connectivity index (χ2n) is 5.46. The van der Waals surface area contributed by atoms with Gasteiger partial charge in [-0.3, -0.25) is 9.78 Å². The van der Waals surface area contributed by atoms with E-state index in [0.29, 0.717) is 5.78 Å². The number of pyridine rings is 1. The summed E-state index contributed by atoms with van der Waals surface area (Å²) < 4.78 is 0. The molecule has 2 aromatic rings. The van der Waals surface area contributed by atoms with Gasteiger partial charge in [-0.25, -0.2) is 0 Å². The van der Waals surface area contributed by atoms with E-state index in [1.807, 2.05) is 12.3 Å². The van der Waals surface area contributed by atoms with E-state index in [1.54, 1.807) is 0 Å². The van der Waals surface area contributed by atoms with Crippen LogP contribution < -0.4 is 0 Å². The van der Waals surface area contributed by atoms with Crippen LogP contribution in [0.15, 0.2) is 36.5 Å². The van der Waals surface area contributed by atoms with Crippen molar-refractivity contribution in [1.82, 2.24) is 4.98 Å². The van der Waals surface area contributed by atoms with Crippen LogP contribution in [0.1, 0.15) is 37.7 Å². The summed E-state index contributed by atoms with van der Waals surface area (Å²) in [6.45, 7) is 0. The van der Waals surface area contributed by atoms with Gasteiger partial charge in [0.05, 0.1) is 5.52 Å². The van der Waals surface area contributed by atoms with Crippen LogP contribution in [0.5, 0.6) is 0 Å². The fourth-order valence-electron chi connectivity index (χ4n) is 3.05. The number of hydrogen-bond acceptors (Lipinski definition) is 2. The summed E-state index contributed by atoms with van der Waals surface area (Å²) in [6, 6.07) is 10.3. The van der Waals surface area contributed by atoms with Gasteiger partial charge in [-0.05, 0) is 30.9 Å². The fourth-order valence-corrected chi connectivity index (χ4v) is 3.05. The van der Waals surface area contributed by atoms with Gasteiger partial charge in [0.15, 0.2) is 0 Å². The molecule has 2 nitrogen and oxygen atoms in total. The number of para-hydroxylation sites is 1. The van der Waals surface area contributed by atoms with Gasteiger partial charge in [-0.15, -0.1) is 0 Å². The molecule has 1 atom stereocenters. The molecule has 19 heavy (non-hydrogen) atoms. The van der Waals surface area contributed by atoms with Crippen molar-refractivity contribution in [2.75, 3.05) is 0 Å². The third-order valence-electron chi connectivity index (χ3n) is 4.11. The van der Waals surface area contributed by atoms with Crippen molar-refractivity contribution in [2.24, 2.45) is 5.92 Å². The Morgan fingerprint density at radius 2 is 2.00 bits per heavy atom. The highest BCUT2D eigenvalue weighted by Gasteiger charge is 2.21. The summed E-state index contributed by atoms with van der Waals surface area (Å²) >= 11 is 0. The lowest BCUT2D eigenvalue weighted by Crippen LogP contribution is -2.15. The van der Waals surface area contributed by atoms with Crippen molar-refractivity contribution >= 4 is 16.7 Å². The molecule has 1 unspecified atom stereocenters. The smallest absolute Gasteiger partial charge is 0.136 e. The monoisotopic (exact) mass is 253 g/mol. The van der Waals surface area contributed by atoms with Gasteiger partial charge in [0, 0.05) is 23.9 Å². The summed E-state index contributed by atoms with van der Waals surface area (Å²) in [5, 5.41) is 1.17. The summed E-state index contributed by atoms with van der Waals surface area (Å²) in [5.41, 5.74) is 2.28. The molecule has 1 heterocycles. The van der Waals surface area contributed by atoms with E-state index in [2.05, 4.69) is 29.2 Å². The summed E-state index contributed by atoms with van der Waals surface area (Å²) in [4.78, 5) is 16.6. The molecule has 1 aromatic carbocycles. The maximum absolute atomic E-state index is 12.1. The maximum Gasteiger partial charge on any atom is 0.136 e. The number of carbonyl (C=O) groups excluding carboxylic acids is 1. The number of carbonyl (C=O) groups is 1. The first-order chi connectivity index (χ1) is 9.34. The molecule has 3 rings (SSSR count). The third kappa shape index (κ3) is 2.67. The van der Waals surface area contributed by atoms with E-state index in [1.165, 1.54) is 23.8 Å². The molecule has 0 aliphatic heterocycles. The van der Waals surface area contributed by atoms with Crippen LogP contribution >= 0.6 is 0 Å². The molecule has 1 aromatic heterocycles. The van der Waals surface area contributed by atoms with Gasteiger partial charge in [0.2, 0.25) is 0 Å². The molecule has 1 fully saturated rings.